The van der Waals surface area contributed by atoms with Crippen molar-refractivity contribution in [1.29, 1.82) is 0 Å². The predicted molar refractivity (Wildman–Crippen MR) is 190 cm³/mol. The molecule has 0 aromatic heterocycles. The number of unbranched alkanes of at least 4 members (excludes halogenated alkanes) is 1. The zero-order chi connectivity index (χ0) is 34.8. The Morgan fingerprint density at radius 1 is 0.878 bits per heavy atom. The van der Waals surface area contributed by atoms with E-state index in [-0.39, 0.29) is 49.8 Å². The number of carboxylic acid groups (broad SMARTS) is 1. The van der Waals surface area contributed by atoms with E-state index in [0.717, 1.165) is 11.1 Å². The van der Waals surface area contributed by atoms with Gasteiger partial charge in [-0.3, -0.25) is 24.1 Å². The van der Waals surface area contributed by atoms with Crippen molar-refractivity contribution >= 4 is 51.2 Å². The molecule has 2 aliphatic heterocycles. The third-order valence-electron chi connectivity index (χ3n) is 8.97. The molecule has 1 saturated heterocycles. The van der Waals surface area contributed by atoms with Gasteiger partial charge in [0.1, 0.15) is 12.1 Å². The lowest BCUT2D eigenvalue weighted by atomic mass is 9.90. The fourth-order valence-electron chi connectivity index (χ4n) is 6.43. The Labute approximate surface area is 294 Å². The molecule has 0 bridgehead atoms. The highest BCUT2D eigenvalue weighted by Gasteiger charge is 2.40. The summed E-state index contributed by atoms with van der Waals surface area (Å²) in [6.07, 6.45) is 2.45. The van der Waals surface area contributed by atoms with Gasteiger partial charge in [0, 0.05) is 25.3 Å². The second-order valence-electron chi connectivity index (χ2n) is 12.2. The van der Waals surface area contributed by atoms with Crippen molar-refractivity contribution in [2.75, 3.05) is 25.4 Å². The maximum Gasteiger partial charge on any atom is 0.326 e. The molecule has 1 fully saturated rings. The van der Waals surface area contributed by atoms with E-state index in [4.69, 9.17) is 0 Å². The molecule has 49 heavy (non-hydrogen) atoms. The van der Waals surface area contributed by atoms with Crippen molar-refractivity contribution in [3.05, 3.63) is 107 Å². The number of benzene rings is 3. The Morgan fingerprint density at radius 3 is 2.14 bits per heavy atom. The lowest BCUT2D eigenvalue weighted by Crippen LogP contribution is -2.54. The van der Waals surface area contributed by atoms with E-state index < -0.39 is 29.2 Å². The number of aliphatic hydroxyl groups excluding tert-OH is 1. The van der Waals surface area contributed by atoms with Crippen LogP contribution in [0, 0.1) is 0 Å². The van der Waals surface area contributed by atoms with E-state index >= 15 is 0 Å². The first-order valence-electron chi connectivity index (χ1n) is 16.5. The van der Waals surface area contributed by atoms with Gasteiger partial charge in [0.15, 0.2) is 0 Å². The van der Waals surface area contributed by atoms with Gasteiger partial charge in [-0.15, -0.1) is 0 Å². The van der Waals surface area contributed by atoms with E-state index in [2.05, 4.69) is 5.32 Å². The number of carbonyl (C=O) groups is 5. The van der Waals surface area contributed by atoms with Crippen LogP contribution in [0.3, 0.4) is 0 Å². The van der Waals surface area contributed by atoms with Crippen LogP contribution in [0.5, 0.6) is 0 Å². The number of rotatable bonds is 16. The molecule has 4 atom stereocenters. The van der Waals surface area contributed by atoms with Gasteiger partial charge in [-0.2, -0.15) is 0 Å². The monoisotopic (exact) mass is 703 g/mol. The van der Waals surface area contributed by atoms with E-state index in [1.165, 1.54) is 31.4 Å². The van der Waals surface area contributed by atoms with Gasteiger partial charge in [-0.1, -0.05) is 101 Å². The Hall–Kier alpha value is -4.13. The van der Waals surface area contributed by atoms with Crippen LogP contribution in [0.15, 0.2) is 84.9 Å². The Balaban J connectivity index is 1.29. The first kappa shape index (κ1) is 36.2. The molecule has 3 aromatic rings. The van der Waals surface area contributed by atoms with Gasteiger partial charge < -0.3 is 20.4 Å². The molecule has 2 heterocycles. The summed E-state index contributed by atoms with van der Waals surface area (Å²) < 4.78 is 0. The number of amides is 4. The average Bonchev–Trinajstić information content (AvgIpc) is 3.24. The second kappa shape index (κ2) is 17.5. The second-order valence-corrected chi connectivity index (χ2v) is 14.9. The zero-order valence-corrected chi connectivity index (χ0v) is 28.7. The quantitative estimate of drug-likeness (QED) is 0.109. The SMILES string of the molecule is O=C(NC1CC(c2ccccc2)CCN(C(Cc2ccccc2)C(=O)O)C1=O)C(CCCCN1C(=O)c2ccccc2C1=O)SSCCO. The van der Waals surface area contributed by atoms with Crippen LogP contribution in [-0.2, 0) is 20.8 Å². The van der Waals surface area contributed by atoms with Gasteiger partial charge in [-0.05, 0) is 54.9 Å². The lowest BCUT2D eigenvalue weighted by molar-refractivity contribution is -0.151. The fourth-order valence-corrected chi connectivity index (χ4v) is 8.74. The number of hydrogen-bond donors (Lipinski definition) is 3. The van der Waals surface area contributed by atoms with Crippen molar-refractivity contribution in [1.82, 2.24) is 15.1 Å². The normalized spacial score (nSPS) is 18.9. The highest BCUT2D eigenvalue weighted by atomic mass is 33.1. The van der Waals surface area contributed by atoms with Crippen LogP contribution in [0.25, 0.3) is 0 Å². The van der Waals surface area contributed by atoms with Crippen LogP contribution < -0.4 is 5.32 Å². The molecule has 4 unspecified atom stereocenters. The molecule has 5 rings (SSSR count). The fraction of sp³-hybridized carbons (Fsp3) is 0.378. The minimum Gasteiger partial charge on any atom is -0.480 e. The summed E-state index contributed by atoms with van der Waals surface area (Å²) >= 11 is 0. The summed E-state index contributed by atoms with van der Waals surface area (Å²) in [4.78, 5) is 68.9. The number of fused-ring (bicyclic) bond motifs is 1. The van der Waals surface area contributed by atoms with E-state index in [1.807, 2.05) is 60.7 Å². The minimum atomic E-state index is -1.10. The standard InChI is InChI=1S/C37H41N3O7S2/c41-21-22-48-49-32(17-9-10-19-40-34(43)28-15-7-8-16-29(28)35(40)44)33(42)38-30-24-27(26-13-5-2-6-14-26)18-20-39(36(30)45)31(37(46)47)23-25-11-3-1-4-12-25/h1-8,11-16,27,30-32,41H,9-10,17-24H2,(H,38,42)(H,46,47). The van der Waals surface area contributed by atoms with Crippen molar-refractivity contribution < 1.29 is 34.2 Å². The van der Waals surface area contributed by atoms with Gasteiger partial charge in [0.25, 0.3) is 11.8 Å². The van der Waals surface area contributed by atoms with Gasteiger partial charge >= 0.3 is 5.97 Å². The van der Waals surface area contributed by atoms with Gasteiger partial charge in [-0.25, -0.2) is 4.79 Å². The number of hydrogen-bond acceptors (Lipinski definition) is 8. The molecule has 10 nitrogen and oxygen atoms in total. The minimum absolute atomic E-state index is 0.0570. The van der Waals surface area contributed by atoms with Crippen LogP contribution in [0.2, 0.25) is 0 Å². The predicted octanol–water partition coefficient (Wildman–Crippen LogP) is 4.78. The zero-order valence-electron chi connectivity index (χ0n) is 27.1. The van der Waals surface area contributed by atoms with Crippen molar-refractivity contribution in [2.45, 2.75) is 61.8 Å². The lowest BCUT2D eigenvalue weighted by Gasteiger charge is -2.31. The topological polar surface area (TPSA) is 144 Å². The number of likely N-dealkylation sites (tertiary alicyclic amines) is 1. The number of carbonyl (C=O) groups excluding carboxylic acids is 4. The van der Waals surface area contributed by atoms with Crippen LogP contribution in [0.1, 0.15) is 69.9 Å². The first-order chi connectivity index (χ1) is 23.8. The third-order valence-corrected chi connectivity index (χ3v) is 11.7. The molecule has 12 heteroatoms. The number of nitrogens with one attached hydrogen (secondary N) is 1. The third kappa shape index (κ3) is 9.11. The smallest absolute Gasteiger partial charge is 0.326 e. The Kier molecular flexibility index (Phi) is 12.9. The van der Waals surface area contributed by atoms with E-state index in [1.54, 1.807) is 24.3 Å². The molecule has 4 amide bonds. The van der Waals surface area contributed by atoms with Crippen LogP contribution in [-0.4, -0.2) is 92.4 Å². The molecule has 0 aliphatic carbocycles. The molecular formula is C37H41N3O7S2. The summed E-state index contributed by atoms with van der Waals surface area (Å²) in [5.74, 6) is -2.19. The van der Waals surface area contributed by atoms with E-state index in [0.29, 0.717) is 49.0 Å². The highest BCUT2D eigenvalue weighted by Crippen LogP contribution is 2.33. The summed E-state index contributed by atoms with van der Waals surface area (Å²) in [5.41, 5.74) is 2.60. The molecule has 0 saturated carbocycles. The highest BCUT2D eigenvalue weighted by molar-refractivity contribution is 8.77. The molecule has 258 valence electrons. The molecule has 3 N–H and O–H groups in total. The van der Waals surface area contributed by atoms with Crippen LogP contribution in [0.4, 0.5) is 0 Å². The van der Waals surface area contributed by atoms with Gasteiger partial charge in [0.2, 0.25) is 11.8 Å². The molecule has 3 aromatic carbocycles. The number of aliphatic hydroxyl groups is 1. The molecule has 2 aliphatic rings. The number of imide groups is 1. The summed E-state index contributed by atoms with van der Waals surface area (Å²) in [6, 6.07) is 23.6. The maximum absolute atomic E-state index is 14.2. The summed E-state index contributed by atoms with van der Waals surface area (Å²) in [6.45, 7) is 0.400. The van der Waals surface area contributed by atoms with Crippen LogP contribution >= 0.6 is 21.6 Å². The average molecular weight is 704 g/mol. The van der Waals surface area contributed by atoms with Gasteiger partial charge in [0.05, 0.1) is 23.0 Å². The first-order valence-corrected chi connectivity index (χ1v) is 18.9. The van der Waals surface area contributed by atoms with Crippen molar-refractivity contribution in [3.63, 3.8) is 0 Å². The molecule has 0 spiro atoms. The van der Waals surface area contributed by atoms with Crippen molar-refractivity contribution in [2.24, 2.45) is 0 Å². The molecule has 0 radical (unpaired) electrons. The number of aliphatic carboxylic acids is 1. The van der Waals surface area contributed by atoms with Crippen molar-refractivity contribution in [3.8, 4) is 0 Å². The maximum atomic E-state index is 14.2. The Morgan fingerprint density at radius 2 is 1.51 bits per heavy atom. The Bertz CT molecular complexity index is 1590. The van der Waals surface area contributed by atoms with E-state index in [9.17, 15) is 34.2 Å². The molecular weight excluding hydrogens is 663 g/mol. The number of carboxylic acids is 1. The largest absolute Gasteiger partial charge is 0.480 e. The summed E-state index contributed by atoms with van der Waals surface area (Å²) in [5, 5.41) is 22.1. The summed E-state index contributed by atoms with van der Waals surface area (Å²) in [7, 11) is 2.67. The number of nitrogens with zero attached hydrogens (tertiary/aromatic N) is 2.